The van der Waals surface area contributed by atoms with Crippen molar-refractivity contribution in [2.45, 2.75) is 38.0 Å². The summed E-state index contributed by atoms with van der Waals surface area (Å²) in [4.78, 5) is 11.4. The lowest BCUT2D eigenvalue weighted by molar-refractivity contribution is -0.123. The number of thioether (sulfide) groups is 1. The van der Waals surface area contributed by atoms with Gasteiger partial charge in [-0.3, -0.25) is 4.79 Å². The van der Waals surface area contributed by atoms with E-state index in [1.807, 2.05) is 6.92 Å². The van der Waals surface area contributed by atoms with E-state index in [1.54, 1.807) is 13.8 Å². The van der Waals surface area contributed by atoms with Gasteiger partial charge in [0, 0.05) is 12.7 Å². The fraction of sp³-hybridized carbons (Fsp3) is 0.700. The molecule has 0 bridgehead atoms. The number of primary amides is 1. The molecule has 0 saturated carbocycles. The third kappa shape index (κ3) is 4.01. The standard InChI is InChI=1S/C10H18N4O2S/c1-4-12-10(3,8(11)15)5-6-17-9-14-13-7(2)16-9/h12H,4-6H2,1-3H3,(H2,11,15). The average Bonchev–Trinajstić information content (AvgIpc) is 2.64. The fourth-order valence-corrected chi connectivity index (χ4v) is 2.33. The van der Waals surface area contributed by atoms with E-state index < -0.39 is 5.54 Å². The number of aromatic nitrogens is 2. The molecule has 1 aromatic heterocycles. The highest BCUT2D eigenvalue weighted by Crippen LogP contribution is 2.20. The van der Waals surface area contributed by atoms with Gasteiger partial charge < -0.3 is 15.5 Å². The van der Waals surface area contributed by atoms with Gasteiger partial charge >= 0.3 is 0 Å². The van der Waals surface area contributed by atoms with Crippen molar-refractivity contribution in [1.29, 1.82) is 0 Å². The molecule has 0 spiro atoms. The topological polar surface area (TPSA) is 94.0 Å². The van der Waals surface area contributed by atoms with Crippen LogP contribution in [0.5, 0.6) is 0 Å². The Balaban J connectivity index is 2.45. The predicted octanol–water partition coefficient (Wildman–Crippen LogP) is 0.714. The first-order valence-electron chi connectivity index (χ1n) is 5.46. The minimum atomic E-state index is -0.684. The van der Waals surface area contributed by atoms with Gasteiger partial charge in [0.05, 0.1) is 5.54 Å². The Morgan fingerprint density at radius 1 is 1.59 bits per heavy atom. The molecule has 0 saturated heterocycles. The molecule has 17 heavy (non-hydrogen) atoms. The van der Waals surface area contributed by atoms with Crippen LogP contribution in [0.1, 0.15) is 26.2 Å². The minimum absolute atomic E-state index is 0.346. The van der Waals surface area contributed by atoms with Gasteiger partial charge in [0.15, 0.2) is 0 Å². The summed E-state index contributed by atoms with van der Waals surface area (Å²) in [6.45, 7) is 6.18. The number of hydrogen-bond donors (Lipinski definition) is 2. The van der Waals surface area contributed by atoms with Gasteiger partial charge in [0.2, 0.25) is 11.8 Å². The molecule has 6 nitrogen and oxygen atoms in total. The van der Waals surface area contributed by atoms with Crippen LogP contribution in [0, 0.1) is 6.92 Å². The Labute approximate surface area is 105 Å². The van der Waals surface area contributed by atoms with Crippen molar-refractivity contribution in [1.82, 2.24) is 15.5 Å². The van der Waals surface area contributed by atoms with Crippen LogP contribution in [0.15, 0.2) is 9.64 Å². The van der Waals surface area contributed by atoms with E-state index in [2.05, 4.69) is 15.5 Å². The van der Waals surface area contributed by atoms with Gasteiger partial charge in [-0.15, -0.1) is 10.2 Å². The number of hydrogen-bond acceptors (Lipinski definition) is 6. The summed E-state index contributed by atoms with van der Waals surface area (Å²) in [6.07, 6.45) is 0.613. The van der Waals surface area contributed by atoms with E-state index in [0.717, 1.165) is 0 Å². The highest BCUT2D eigenvalue weighted by atomic mass is 32.2. The van der Waals surface area contributed by atoms with Crippen molar-refractivity contribution in [3.05, 3.63) is 5.89 Å². The summed E-state index contributed by atoms with van der Waals surface area (Å²) < 4.78 is 5.22. The van der Waals surface area contributed by atoms with Crippen LogP contribution in [0.2, 0.25) is 0 Å². The van der Waals surface area contributed by atoms with Crippen molar-refractivity contribution in [3.8, 4) is 0 Å². The second kappa shape index (κ2) is 6.02. The molecule has 1 heterocycles. The van der Waals surface area contributed by atoms with E-state index >= 15 is 0 Å². The normalized spacial score (nSPS) is 14.5. The molecule has 0 fully saturated rings. The number of likely N-dealkylation sites (N-methyl/N-ethyl adjacent to an activating group) is 1. The van der Waals surface area contributed by atoms with Crippen LogP contribution in [-0.4, -0.2) is 33.9 Å². The van der Waals surface area contributed by atoms with Gasteiger partial charge in [-0.1, -0.05) is 18.7 Å². The smallest absolute Gasteiger partial charge is 0.276 e. The first kappa shape index (κ1) is 14.0. The number of carbonyl (C=O) groups excluding carboxylic acids is 1. The zero-order valence-corrected chi connectivity index (χ0v) is 11.1. The molecule has 3 N–H and O–H groups in total. The van der Waals surface area contributed by atoms with Gasteiger partial charge in [0.1, 0.15) is 0 Å². The monoisotopic (exact) mass is 258 g/mol. The molecular formula is C10H18N4O2S. The molecule has 96 valence electrons. The molecule has 0 aromatic carbocycles. The number of rotatable bonds is 7. The summed E-state index contributed by atoms with van der Waals surface area (Å²) >= 11 is 1.42. The molecule has 7 heteroatoms. The molecular weight excluding hydrogens is 240 g/mol. The average molecular weight is 258 g/mol. The number of nitrogens with two attached hydrogens (primary N) is 1. The summed E-state index contributed by atoms with van der Waals surface area (Å²) in [7, 11) is 0. The van der Waals surface area contributed by atoms with E-state index in [-0.39, 0.29) is 5.91 Å². The summed E-state index contributed by atoms with van der Waals surface area (Å²) in [5.74, 6) is 0.882. The highest BCUT2D eigenvalue weighted by Gasteiger charge is 2.29. The van der Waals surface area contributed by atoms with Gasteiger partial charge in [-0.25, -0.2) is 0 Å². The fourth-order valence-electron chi connectivity index (χ4n) is 1.37. The number of carbonyl (C=O) groups is 1. The van der Waals surface area contributed by atoms with Crippen LogP contribution in [0.3, 0.4) is 0 Å². The first-order chi connectivity index (χ1) is 7.98. The second-order valence-electron chi connectivity index (χ2n) is 3.91. The number of aryl methyl sites for hydroxylation is 1. The van der Waals surface area contributed by atoms with E-state index in [1.165, 1.54) is 11.8 Å². The molecule has 1 atom stereocenters. The Bertz CT molecular complexity index is 382. The highest BCUT2D eigenvalue weighted by molar-refractivity contribution is 7.99. The van der Waals surface area contributed by atoms with Crippen LogP contribution in [0.4, 0.5) is 0 Å². The van der Waals surface area contributed by atoms with E-state index in [4.69, 9.17) is 10.2 Å². The molecule has 1 aromatic rings. The zero-order chi connectivity index (χ0) is 12.9. The lowest BCUT2D eigenvalue weighted by Gasteiger charge is -2.26. The quantitative estimate of drug-likeness (QED) is 0.700. The summed E-state index contributed by atoms with van der Waals surface area (Å²) in [6, 6.07) is 0. The molecule has 0 aliphatic carbocycles. The van der Waals surface area contributed by atoms with Gasteiger partial charge in [-0.2, -0.15) is 0 Å². The number of nitrogens with one attached hydrogen (secondary N) is 1. The van der Waals surface area contributed by atoms with Gasteiger partial charge in [-0.05, 0) is 19.9 Å². The second-order valence-corrected chi connectivity index (χ2v) is 4.96. The van der Waals surface area contributed by atoms with Crippen molar-refractivity contribution in [2.24, 2.45) is 5.73 Å². The molecule has 0 aliphatic rings. The van der Waals surface area contributed by atoms with Crippen LogP contribution in [-0.2, 0) is 4.79 Å². The van der Waals surface area contributed by atoms with E-state index in [0.29, 0.717) is 29.8 Å². The first-order valence-corrected chi connectivity index (χ1v) is 6.44. The van der Waals surface area contributed by atoms with Crippen molar-refractivity contribution >= 4 is 17.7 Å². The van der Waals surface area contributed by atoms with Crippen molar-refractivity contribution in [3.63, 3.8) is 0 Å². The lowest BCUT2D eigenvalue weighted by atomic mass is 9.98. The maximum absolute atomic E-state index is 11.4. The van der Waals surface area contributed by atoms with Gasteiger partial charge in [0.25, 0.3) is 5.22 Å². The lowest BCUT2D eigenvalue weighted by Crippen LogP contribution is -2.53. The van der Waals surface area contributed by atoms with Crippen molar-refractivity contribution in [2.75, 3.05) is 12.3 Å². The maximum Gasteiger partial charge on any atom is 0.276 e. The number of amides is 1. The summed E-state index contributed by atoms with van der Waals surface area (Å²) in [5, 5.41) is 11.2. The van der Waals surface area contributed by atoms with Crippen LogP contribution >= 0.6 is 11.8 Å². The Kier molecular flexibility index (Phi) is 4.95. The third-order valence-electron chi connectivity index (χ3n) is 2.45. The molecule has 1 unspecified atom stereocenters. The summed E-state index contributed by atoms with van der Waals surface area (Å²) in [5.41, 5.74) is 4.69. The Morgan fingerprint density at radius 3 is 2.76 bits per heavy atom. The zero-order valence-electron chi connectivity index (χ0n) is 10.3. The molecule has 0 radical (unpaired) electrons. The van der Waals surface area contributed by atoms with Crippen molar-refractivity contribution < 1.29 is 9.21 Å². The van der Waals surface area contributed by atoms with Crippen LogP contribution < -0.4 is 11.1 Å². The Morgan fingerprint density at radius 2 is 2.29 bits per heavy atom. The molecule has 1 amide bonds. The maximum atomic E-state index is 11.4. The van der Waals surface area contributed by atoms with Crippen LogP contribution in [0.25, 0.3) is 0 Å². The molecule has 1 rings (SSSR count). The minimum Gasteiger partial charge on any atom is -0.416 e. The number of nitrogens with zero attached hydrogens (tertiary/aromatic N) is 2. The van der Waals surface area contributed by atoms with E-state index in [9.17, 15) is 4.79 Å². The Hall–Kier alpha value is -1.08. The SMILES string of the molecule is CCNC(C)(CCSc1nnc(C)o1)C(N)=O. The molecule has 0 aliphatic heterocycles. The third-order valence-corrected chi connectivity index (χ3v) is 3.27. The predicted molar refractivity (Wildman–Crippen MR) is 65.7 cm³/mol. The largest absolute Gasteiger partial charge is 0.416 e.